The van der Waals surface area contributed by atoms with Crippen molar-refractivity contribution in [1.82, 2.24) is 14.0 Å². The average molecular weight is 633 g/mol. The Morgan fingerprint density at radius 2 is 1.84 bits per heavy atom. The number of allylic oxidation sites excluding steroid dienone is 3. The van der Waals surface area contributed by atoms with E-state index in [4.69, 9.17) is 9.47 Å². The maximum atomic E-state index is 13.8. The number of halogens is 1. The molecule has 208 valence electrons. The van der Waals surface area contributed by atoms with Crippen molar-refractivity contribution in [3.8, 4) is 0 Å². The first-order chi connectivity index (χ1) is 17.7. The highest BCUT2D eigenvalue weighted by molar-refractivity contribution is 9.10. The molecule has 11 nitrogen and oxygen atoms in total. The number of benzene rings is 1. The lowest BCUT2D eigenvalue weighted by molar-refractivity contribution is 0.0509. The Morgan fingerprint density at radius 3 is 2.45 bits per heavy atom. The minimum absolute atomic E-state index is 0.00598. The summed E-state index contributed by atoms with van der Waals surface area (Å²) in [6, 6.07) is 4.40. The van der Waals surface area contributed by atoms with E-state index in [1.807, 2.05) is 0 Å². The van der Waals surface area contributed by atoms with E-state index in [2.05, 4.69) is 26.0 Å². The minimum atomic E-state index is -4.48. The summed E-state index contributed by atoms with van der Waals surface area (Å²) < 4.78 is 68.5. The molecule has 38 heavy (non-hydrogen) atoms. The standard InChI is InChI=1S/C24H30BrN3O8S2/c1-5-35-22(29)20-21(37(31,32)27-14-13-26-23(30)36-24(2,3)4)18-15-16(25)11-12-19(18)28(20)38(33,34)17-9-7-6-8-10-17/h6-9,11-12,15,17,27H,5,10,13-14H2,1-4H3,(H,26,30). The Bertz CT molecular complexity index is 1500. The number of sulfonamides is 1. The van der Waals surface area contributed by atoms with Gasteiger partial charge in [0.25, 0.3) is 0 Å². The van der Waals surface area contributed by atoms with Crippen LogP contribution in [0, 0.1) is 0 Å². The number of hydrogen-bond acceptors (Lipinski definition) is 8. The van der Waals surface area contributed by atoms with Gasteiger partial charge < -0.3 is 14.8 Å². The zero-order valence-corrected chi connectivity index (χ0v) is 24.6. The molecule has 1 aliphatic rings. The average Bonchev–Trinajstić information content (AvgIpc) is 3.17. The van der Waals surface area contributed by atoms with E-state index in [1.54, 1.807) is 45.1 Å². The molecule has 2 N–H and O–H groups in total. The highest BCUT2D eigenvalue weighted by Gasteiger charge is 2.38. The van der Waals surface area contributed by atoms with Gasteiger partial charge in [-0.2, -0.15) is 0 Å². The van der Waals surface area contributed by atoms with E-state index in [1.165, 1.54) is 25.1 Å². The summed E-state index contributed by atoms with van der Waals surface area (Å²) in [5.41, 5.74) is -1.36. The summed E-state index contributed by atoms with van der Waals surface area (Å²) in [6.07, 6.45) is 5.84. The number of fused-ring (bicyclic) bond motifs is 1. The number of aromatic nitrogens is 1. The van der Waals surface area contributed by atoms with E-state index >= 15 is 0 Å². The molecule has 1 unspecified atom stereocenters. The number of nitrogens with zero attached hydrogens (tertiary/aromatic N) is 1. The summed E-state index contributed by atoms with van der Waals surface area (Å²) >= 11 is 3.29. The van der Waals surface area contributed by atoms with Crippen LogP contribution in [-0.2, 0) is 29.5 Å². The van der Waals surface area contributed by atoms with Crippen molar-refractivity contribution in [2.24, 2.45) is 0 Å². The van der Waals surface area contributed by atoms with Gasteiger partial charge in [-0.25, -0.2) is 35.1 Å². The van der Waals surface area contributed by atoms with Crippen molar-refractivity contribution in [3.63, 3.8) is 0 Å². The zero-order chi connectivity index (χ0) is 28.3. The number of alkyl carbamates (subject to hydrolysis) is 1. The number of rotatable bonds is 9. The van der Waals surface area contributed by atoms with Crippen LogP contribution in [0.2, 0.25) is 0 Å². The van der Waals surface area contributed by atoms with Crippen molar-refractivity contribution in [2.45, 2.75) is 49.9 Å². The molecule has 1 heterocycles. The van der Waals surface area contributed by atoms with Gasteiger partial charge in [-0.05, 0) is 52.3 Å². The van der Waals surface area contributed by atoms with Gasteiger partial charge in [-0.1, -0.05) is 40.2 Å². The van der Waals surface area contributed by atoms with Crippen LogP contribution in [0.1, 0.15) is 44.6 Å². The Morgan fingerprint density at radius 1 is 1.13 bits per heavy atom. The third-order valence-electron chi connectivity index (χ3n) is 5.24. The molecule has 0 saturated heterocycles. The molecule has 0 saturated carbocycles. The van der Waals surface area contributed by atoms with Gasteiger partial charge >= 0.3 is 12.1 Å². The van der Waals surface area contributed by atoms with E-state index < -0.39 is 53.5 Å². The van der Waals surface area contributed by atoms with E-state index in [9.17, 15) is 26.4 Å². The molecule has 0 bridgehead atoms. The van der Waals surface area contributed by atoms with Gasteiger partial charge in [-0.15, -0.1) is 0 Å². The SMILES string of the molecule is CCOC(=O)c1c(S(=O)(=O)NCCNC(=O)OC(C)(C)C)c2cc(Br)ccc2n1S(=O)(=O)C1C=CC=CC1. The Balaban J connectivity index is 2.11. The van der Waals surface area contributed by atoms with Crippen molar-refractivity contribution < 1.29 is 35.9 Å². The second kappa shape index (κ2) is 11.6. The molecule has 1 amide bonds. The molecule has 1 aromatic carbocycles. The summed E-state index contributed by atoms with van der Waals surface area (Å²) in [6.45, 7) is 6.10. The van der Waals surface area contributed by atoms with Crippen molar-refractivity contribution in [1.29, 1.82) is 0 Å². The fourth-order valence-corrected chi connectivity index (χ4v) is 7.35. The van der Waals surface area contributed by atoms with Crippen LogP contribution in [0.25, 0.3) is 10.9 Å². The van der Waals surface area contributed by atoms with Crippen LogP contribution in [0.3, 0.4) is 0 Å². The summed E-state index contributed by atoms with van der Waals surface area (Å²) in [5, 5.41) is 1.42. The first kappa shape index (κ1) is 29.9. The van der Waals surface area contributed by atoms with Crippen molar-refractivity contribution >= 4 is 58.9 Å². The smallest absolute Gasteiger partial charge is 0.407 e. The molecule has 1 atom stereocenters. The molecule has 1 aromatic heterocycles. The van der Waals surface area contributed by atoms with Crippen molar-refractivity contribution in [2.75, 3.05) is 19.7 Å². The Kier molecular flexibility index (Phi) is 9.12. The second-order valence-electron chi connectivity index (χ2n) is 9.28. The number of hydrogen-bond donors (Lipinski definition) is 2. The third kappa shape index (κ3) is 6.65. The summed E-state index contributed by atoms with van der Waals surface area (Å²) in [7, 11) is -8.77. The molecule has 3 rings (SSSR count). The number of esters is 1. The number of carbonyl (C=O) groups excluding carboxylic acids is 2. The highest BCUT2D eigenvalue weighted by Crippen LogP contribution is 2.35. The molecule has 0 fully saturated rings. The summed E-state index contributed by atoms with van der Waals surface area (Å²) in [4.78, 5) is 24.5. The summed E-state index contributed by atoms with van der Waals surface area (Å²) in [5.74, 6) is -1.11. The van der Waals surface area contributed by atoms with Crippen molar-refractivity contribution in [3.05, 3.63) is 52.7 Å². The molecule has 14 heteroatoms. The predicted octanol–water partition coefficient (Wildman–Crippen LogP) is 3.45. The molecular formula is C24H30BrN3O8S2. The first-order valence-electron chi connectivity index (χ1n) is 11.7. The largest absolute Gasteiger partial charge is 0.461 e. The molecule has 0 spiro atoms. The maximum absolute atomic E-state index is 13.8. The van der Waals surface area contributed by atoms with Gasteiger partial charge in [0.15, 0.2) is 5.69 Å². The lowest BCUT2D eigenvalue weighted by Crippen LogP contribution is -2.38. The second-order valence-corrected chi connectivity index (χ2v) is 13.9. The molecule has 1 aliphatic carbocycles. The fourth-order valence-electron chi connectivity index (χ4n) is 3.77. The van der Waals surface area contributed by atoms with E-state index in [0.717, 1.165) is 3.97 Å². The van der Waals surface area contributed by atoms with Crippen LogP contribution >= 0.6 is 15.9 Å². The quantitative estimate of drug-likeness (QED) is 0.316. The van der Waals surface area contributed by atoms with Crippen LogP contribution < -0.4 is 10.0 Å². The van der Waals surface area contributed by atoms with E-state index in [0.29, 0.717) is 4.47 Å². The minimum Gasteiger partial charge on any atom is -0.461 e. The lowest BCUT2D eigenvalue weighted by Gasteiger charge is -2.19. The molecule has 0 aliphatic heterocycles. The van der Waals surface area contributed by atoms with Crippen LogP contribution in [-0.4, -0.2) is 63.4 Å². The van der Waals surface area contributed by atoms with Gasteiger partial charge in [-0.3, -0.25) is 0 Å². The topological polar surface area (TPSA) is 150 Å². The van der Waals surface area contributed by atoms with Gasteiger partial charge in [0, 0.05) is 22.9 Å². The monoisotopic (exact) mass is 631 g/mol. The Hall–Kier alpha value is -2.68. The van der Waals surface area contributed by atoms with Gasteiger partial charge in [0.05, 0.1) is 12.1 Å². The number of amides is 1. The van der Waals surface area contributed by atoms with Crippen LogP contribution in [0.15, 0.2) is 51.9 Å². The third-order valence-corrected chi connectivity index (χ3v) is 9.27. The number of ether oxygens (including phenoxy) is 2. The number of nitrogens with one attached hydrogen (secondary N) is 2. The molecule has 0 radical (unpaired) electrons. The Labute approximate surface area is 230 Å². The predicted molar refractivity (Wildman–Crippen MR) is 146 cm³/mol. The van der Waals surface area contributed by atoms with E-state index in [-0.39, 0.29) is 37.0 Å². The normalized spacial score (nSPS) is 16.0. The number of carbonyl (C=O) groups is 2. The van der Waals surface area contributed by atoms with Crippen LogP contribution in [0.5, 0.6) is 0 Å². The van der Waals surface area contributed by atoms with Gasteiger partial charge in [0.2, 0.25) is 20.0 Å². The fraction of sp³-hybridized carbons (Fsp3) is 0.417. The maximum Gasteiger partial charge on any atom is 0.407 e. The van der Waals surface area contributed by atoms with Gasteiger partial charge in [0.1, 0.15) is 15.7 Å². The van der Waals surface area contributed by atoms with Crippen LogP contribution in [0.4, 0.5) is 4.79 Å². The first-order valence-corrected chi connectivity index (χ1v) is 15.5. The zero-order valence-electron chi connectivity index (χ0n) is 21.4. The lowest BCUT2D eigenvalue weighted by atomic mass is 10.2. The highest BCUT2D eigenvalue weighted by atomic mass is 79.9. The molecular weight excluding hydrogens is 602 g/mol. The molecule has 2 aromatic rings.